The van der Waals surface area contributed by atoms with Crippen LogP contribution in [-0.4, -0.2) is 87.1 Å². The number of amides is 1. The minimum atomic E-state index is -5.13. The smallest absolute Gasteiger partial charge is 0.417 e. The average Bonchev–Trinajstić information content (AvgIpc) is 3.97. The monoisotopic (exact) mass is 786 g/mol. The Labute approximate surface area is 312 Å². The van der Waals surface area contributed by atoms with E-state index in [1.54, 1.807) is 22.1 Å². The first kappa shape index (κ1) is 36.3. The molecule has 5 aromatic rings. The number of carbonyl (C=O) groups excluding carboxylic acids is 1. The molecule has 2 N–H and O–H groups in total. The minimum Gasteiger partial charge on any atom is -0.461 e. The van der Waals surface area contributed by atoms with Crippen LogP contribution in [-0.2, 0) is 6.18 Å². The van der Waals surface area contributed by atoms with Crippen molar-refractivity contribution in [3.63, 3.8) is 0 Å². The number of thiophene rings is 1. The van der Waals surface area contributed by atoms with Crippen molar-refractivity contribution in [1.29, 1.82) is 5.26 Å². The number of nitrogens with two attached hydrogens (primary N) is 1. The van der Waals surface area contributed by atoms with Gasteiger partial charge in [0.15, 0.2) is 5.82 Å². The number of nitrogen functional groups attached to an aromatic ring is 1. The first-order chi connectivity index (χ1) is 25.8. The van der Waals surface area contributed by atoms with Crippen LogP contribution in [0, 0.1) is 23.0 Å². The molecule has 0 radical (unpaired) electrons. The second kappa shape index (κ2) is 13.5. The summed E-state index contributed by atoms with van der Waals surface area (Å²) in [6.45, 7) is 3.43. The molecule has 1 amide bonds. The van der Waals surface area contributed by atoms with E-state index in [1.807, 2.05) is 11.0 Å². The number of carbonyl (C=O) groups is 1. The molecule has 3 aliphatic rings. The number of rotatable bonds is 8. The molecule has 2 aromatic carbocycles. The standard InChI is InChI=1S/C36H32F6N8O2S2/c1-2-50(20-6-9-48(15-20)33(51)18-13-45-53-16-18)32-22-10-24(36(40,41)42)27(21-4-5-25(38)30-26(21)23(12-43)31(44)54-30)28(39)29(22)46-34(47-32)52-17-35-7-3-8-49(35)14-19(37)11-35/h4-5,10,13,16,19-20H,2-3,6-9,11,14-15,17,44H2,1H3. The Bertz CT molecular complexity index is 2330. The van der Waals surface area contributed by atoms with Crippen LogP contribution in [0.1, 0.15) is 54.1 Å². The van der Waals surface area contributed by atoms with Gasteiger partial charge < -0.3 is 20.3 Å². The van der Waals surface area contributed by atoms with Crippen LogP contribution in [0.3, 0.4) is 0 Å². The van der Waals surface area contributed by atoms with Crippen LogP contribution >= 0.6 is 22.9 Å². The molecule has 18 heteroatoms. The van der Waals surface area contributed by atoms with Gasteiger partial charge in [0.1, 0.15) is 41.0 Å². The van der Waals surface area contributed by atoms with Gasteiger partial charge in [0, 0.05) is 60.4 Å². The molecule has 0 saturated carbocycles. The summed E-state index contributed by atoms with van der Waals surface area (Å²) in [4.78, 5) is 27.5. The van der Waals surface area contributed by atoms with Gasteiger partial charge >= 0.3 is 12.2 Å². The lowest BCUT2D eigenvalue weighted by Crippen LogP contribution is -2.43. The third-order valence-corrected chi connectivity index (χ3v) is 12.4. The van der Waals surface area contributed by atoms with E-state index in [0.29, 0.717) is 42.8 Å². The molecule has 3 atom stereocenters. The van der Waals surface area contributed by atoms with Crippen molar-refractivity contribution in [1.82, 2.24) is 24.1 Å². The largest absolute Gasteiger partial charge is 0.461 e. The summed E-state index contributed by atoms with van der Waals surface area (Å²) in [5.74, 6) is -2.50. The fourth-order valence-corrected chi connectivity index (χ4v) is 9.83. The molecule has 3 aromatic heterocycles. The topological polar surface area (TPSA) is 125 Å². The maximum absolute atomic E-state index is 17.3. The quantitative estimate of drug-likeness (QED) is 0.160. The second-order valence-electron chi connectivity index (χ2n) is 13.8. The van der Waals surface area contributed by atoms with Crippen molar-refractivity contribution in [3.8, 4) is 23.2 Å². The predicted octanol–water partition coefficient (Wildman–Crippen LogP) is 7.42. The number of hydrogen-bond acceptors (Lipinski definition) is 11. The highest BCUT2D eigenvalue weighted by atomic mass is 32.1. The van der Waals surface area contributed by atoms with Crippen molar-refractivity contribution < 1.29 is 35.9 Å². The molecule has 0 spiro atoms. The van der Waals surface area contributed by atoms with Gasteiger partial charge in [-0.2, -0.15) is 28.4 Å². The van der Waals surface area contributed by atoms with E-state index in [4.69, 9.17) is 10.5 Å². The Morgan fingerprint density at radius 2 is 2.04 bits per heavy atom. The number of anilines is 2. The predicted molar refractivity (Wildman–Crippen MR) is 192 cm³/mol. The van der Waals surface area contributed by atoms with E-state index >= 15 is 22.0 Å². The van der Waals surface area contributed by atoms with Crippen LogP contribution in [0.5, 0.6) is 6.01 Å². The number of nitrogens with zero attached hydrogens (tertiary/aromatic N) is 7. The summed E-state index contributed by atoms with van der Waals surface area (Å²) < 4.78 is 102. The Kier molecular flexibility index (Phi) is 9.09. The Morgan fingerprint density at radius 3 is 2.76 bits per heavy atom. The lowest BCUT2D eigenvalue weighted by molar-refractivity contribution is -0.137. The number of likely N-dealkylation sites (N-methyl/N-ethyl adjacent to an activating group) is 1. The number of nitriles is 1. The molecular weight excluding hydrogens is 755 g/mol. The molecule has 0 aliphatic carbocycles. The third-order valence-electron chi connectivity index (χ3n) is 10.8. The van der Waals surface area contributed by atoms with E-state index in [-0.39, 0.29) is 82.0 Å². The van der Waals surface area contributed by atoms with Gasteiger partial charge in [-0.15, -0.1) is 11.3 Å². The molecule has 6 heterocycles. The van der Waals surface area contributed by atoms with Crippen LogP contribution in [0.15, 0.2) is 29.8 Å². The summed E-state index contributed by atoms with van der Waals surface area (Å²) in [6, 6.07) is 3.75. The average molecular weight is 787 g/mol. The number of alkyl halides is 4. The summed E-state index contributed by atoms with van der Waals surface area (Å²) in [7, 11) is 0. The number of aromatic nitrogens is 3. The molecule has 54 heavy (non-hydrogen) atoms. The molecule has 3 unspecified atom stereocenters. The fraction of sp³-hybridized carbons (Fsp3) is 0.417. The zero-order chi connectivity index (χ0) is 38.1. The summed E-state index contributed by atoms with van der Waals surface area (Å²) in [5, 5.41) is 10.9. The fourth-order valence-electron chi connectivity index (χ4n) is 8.37. The molecule has 3 saturated heterocycles. The second-order valence-corrected chi connectivity index (χ2v) is 15.6. The van der Waals surface area contributed by atoms with Crippen LogP contribution in [0.2, 0.25) is 0 Å². The lowest BCUT2D eigenvalue weighted by Gasteiger charge is -2.32. The summed E-state index contributed by atoms with van der Waals surface area (Å²) >= 11 is 1.81. The molecule has 282 valence electrons. The SMILES string of the molecule is CCN(c1nc(OCC23CCCN2CC(F)C3)nc2c(F)c(-c3ccc(F)c4sc(N)c(C#N)c34)c(C(F)(F)F)cc12)C1CCN(C(=O)c2cnsc2)C1. The number of hydrogen-bond donors (Lipinski definition) is 1. The molecule has 0 bridgehead atoms. The van der Waals surface area contributed by atoms with Gasteiger partial charge in [0.25, 0.3) is 5.91 Å². The zero-order valence-electron chi connectivity index (χ0n) is 28.7. The van der Waals surface area contributed by atoms with E-state index in [2.05, 4.69) is 14.3 Å². The molecular formula is C36H32F6N8O2S2. The highest BCUT2D eigenvalue weighted by Crippen LogP contribution is 2.48. The zero-order valence-corrected chi connectivity index (χ0v) is 30.4. The molecule has 3 fully saturated rings. The van der Waals surface area contributed by atoms with E-state index in [0.717, 1.165) is 36.2 Å². The van der Waals surface area contributed by atoms with E-state index in [1.165, 1.54) is 6.20 Å². The van der Waals surface area contributed by atoms with Crippen LogP contribution < -0.4 is 15.4 Å². The maximum atomic E-state index is 17.3. The van der Waals surface area contributed by atoms with Crippen molar-refractivity contribution in [3.05, 3.63) is 58.1 Å². The van der Waals surface area contributed by atoms with Gasteiger partial charge in [-0.1, -0.05) is 6.07 Å². The molecule has 3 aliphatic heterocycles. The van der Waals surface area contributed by atoms with Gasteiger partial charge in [-0.3, -0.25) is 9.69 Å². The van der Waals surface area contributed by atoms with Crippen LogP contribution in [0.25, 0.3) is 32.1 Å². The summed E-state index contributed by atoms with van der Waals surface area (Å²) in [6.07, 6.45) is -2.59. The van der Waals surface area contributed by atoms with Gasteiger partial charge in [-0.25, -0.2) is 17.5 Å². The Balaban J connectivity index is 1.31. The number of likely N-dealkylation sites (tertiary alicyclic amines) is 1. The van der Waals surface area contributed by atoms with Crippen molar-refractivity contribution in [2.45, 2.75) is 56.5 Å². The van der Waals surface area contributed by atoms with E-state index < -0.39 is 52.2 Å². The first-order valence-corrected chi connectivity index (χ1v) is 19.0. The van der Waals surface area contributed by atoms with Crippen molar-refractivity contribution in [2.75, 3.05) is 50.0 Å². The molecule has 10 nitrogen and oxygen atoms in total. The normalized spacial score (nSPS) is 21.6. The van der Waals surface area contributed by atoms with Crippen molar-refractivity contribution >= 4 is 60.6 Å². The number of fused-ring (bicyclic) bond motifs is 3. The lowest BCUT2D eigenvalue weighted by atomic mass is 9.92. The van der Waals surface area contributed by atoms with Gasteiger partial charge in [0.05, 0.1) is 33.1 Å². The highest BCUT2D eigenvalue weighted by molar-refractivity contribution is 7.23. The van der Waals surface area contributed by atoms with Crippen molar-refractivity contribution in [2.24, 2.45) is 0 Å². The van der Waals surface area contributed by atoms with E-state index in [9.17, 15) is 14.4 Å². The van der Waals surface area contributed by atoms with Gasteiger partial charge in [-0.05, 0) is 62.0 Å². The summed E-state index contributed by atoms with van der Waals surface area (Å²) in [5.41, 5.74) is 2.28. The maximum Gasteiger partial charge on any atom is 0.417 e. The third kappa shape index (κ3) is 5.96. The minimum absolute atomic E-state index is 0.0295. The Hall–Kier alpha value is -4.73. The highest BCUT2D eigenvalue weighted by Gasteiger charge is 2.49. The number of halogens is 6. The number of benzene rings is 2. The number of ether oxygens (including phenoxy) is 1. The van der Waals surface area contributed by atoms with Gasteiger partial charge in [0.2, 0.25) is 0 Å². The van der Waals surface area contributed by atoms with Crippen LogP contribution in [0.4, 0.5) is 37.2 Å². The Morgan fingerprint density at radius 1 is 1.22 bits per heavy atom. The molecule has 8 rings (SSSR count). The first-order valence-electron chi connectivity index (χ1n) is 17.3.